The molecule has 0 saturated carbocycles. The van der Waals surface area contributed by atoms with Gasteiger partial charge in [0.05, 0.1) is 18.8 Å². The van der Waals surface area contributed by atoms with Crippen molar-refractivity contribution in [1.29, 1.82) is 0 Å². The van der Waals surface area contributed by atoms with Gasteiger partial charge in [-0.2, -0.15) is 0 Å². The number of morpholine rings is 1. The first-order valence-electron chi connectivity index (χ1n) is 6.43. The van der Waals surface area contributed by atoms with Crippen molar-refractivity contribution in [3.8, 4) is 0 Å². The van der Waals surface area contributed by atoms with E-state index in [1.807, 2.05) is 16.8 Å². The van der Waals surface area contributed by atoms with Crippen LogP contribution in [0.1, 0.15) is 13.8 Å². The Labute approximate surface area is 103 Å². The number of amides is 2. The zero-order valence-corrected chi connectivity index (χ0v) is 11.0. The van der Waals surface area contributed by atoms with Crippen molar-refractivity contribution in [2.45, 2.75) is 26.0 Å². The van der Waals surface area contributed by atoms with Crippen LogP contribution in [0.5, 0.6) is 0 Å². The first-order chi connectivity index (χ1) is 8.09. The number of nitrogens with one attached hydrogen (secondary N) is 1. The fourth-order valence-corrected chi connectivity index (χ4v) is 2.58. The molecule has 17 heavy (non-hydrogen) atoms. The second-order valence-electron chi connectivity index (χ2n) is 5.31. The molecule has 0 bridgehead atoms. The number of likely N-dealkylation sites (N-methyl/N-ethyl adjacent to an activating group) is 1. The molecule has 0 aromatic rings. The Kier molecular flexibility index (Phi) is 3.89. The van der Waals surface area contributed by atoms with Crippen molar-refractivity contribution in [1.82, 2.24) is 15.1 Å². The zero-order valence-electron chi connectivity index (χ0n) is 11.0. The van der Waals surface area contributed by atoms with E-state index in [0.717, 1.165) is 26.2 Å². The molecule has 1 N–H and O–H groups in total. The maximum atomic E-state index is 12.1. The summed E-state index contributed by atoms with van der Waals surface area (Å²) in [7, 11) is 1.90. The zero-order chi connectivity index (χ0) is 12.4. The number of hydrogen-bond donors (Lipinski definition) is 1. The Hall–Kier alpha value is -0.810. The molecule has 2 aliphatic heterocycles. The molecule has 0 spiro atoms. The molecular weight excluding hydrogens is 218 g/mol. The number of rotatable bonds is 3. The van der Waals surface area contributed by atoms with Gasteiger partial charge < -0.3 is 19.9 Å². The summed E-state index contributed by atoms with van der Waals surface area (Å²) in [4.78, 5) is 15.9. The molecule has 98 valence electrons. The highest BCUT2D eigenvalue weighted by atomic mass is 16.5. The first-order valence-corrected chi connectivity index (χ1v) is 6.43. The van der Waals surface area contributed by atoms with Crippen LogP contribution in [0.4, 0.5) is 4.79 Å². The Morgan fingerprint density at radius 1 is 1.53 bits per heavy atom. The van der Waals surface area contributed by atoms with E-state index in [-0.39, 0.29) is 12.1 Å². The molecule has 2 saturated heterocycles. The van der Waals surface area contributed by atoms with Crippen LogP contribution >= 0.6 is 0 Å². The molecule has 2 rings (SSSR count). The molecule has 0 radical (unpaired) electrons. The summed E-state index contributed by atoms with van der Waals surface area (Å²) >= 11 is 0. The average molecular weight is 241 g/mol. The van der Waals surface area contributed by atoms with Crippen LogP contribution in [0, 0.1) is 5.92 Å². The number of ether oxygens (including phenoxy) is 1. The smallest absolute Gasteiger partial charge is 0.320 e. The summed E-state index contributed by atoms with van der Waals surface area (Å²) in [6.07, 6.45) is 0.145. The highest BCUT2D eigenvalue weighted by molar-refractivity contribution is 5.77. The lowest BCUT2D eigenvalue weighted by molar-refractivity contribution is 0.0142. The molecule has 2 amide bonds. The SMILES string of the molecule is CC(C)C1CN(CC2CNCCO2)C(=O)N1C. The molecule has 2 heterocycles. The van der Waals surface area contributed by atoms with E-state index in [2.05, 4.69) is 19.2 Å². The normalized spacial score (nSPS) is 30.5. The van der Waals surface area contributed by atoms with Crippen molar-refractivity contribution in [2.24, 2.45) is 5.92 Å². The van der Waals surface area contributed by atoms with Gasteiger partial charge in [-0.15, -0.1) is 0 Å². The van der Waals surface area contributed by atoms with Crippen LogP contribution in [0.2, 0.25) is 0 Å². The topological polar surface area (TPSA) is 44.8 Å². The second kappa shape index (κ2) is 5.23. The minimum absolute atomic E-state index is 0.137. The van der Waals surface area contributed by atoms with Crippen LogP contribution in [0.25, 0.3) is 0 Å². The van der Waals surface area contributed by atoms with Gasteiger partial charge in [-0.3, -0.25) is 0 Å². The minimum Gasteiger partial charge on any atom is -0.374 e. The number of nitrogens with zero attached hydrogens (tertiary/aromatic N) is 2. The summed E-state index contributed by atoms with van der Waals surface area (Å²) < 4.78 is 5.64. The van der Waals surface area contributed by atoms with Crippen LogP contribution in [0.3, 0.4) is 0 Å². The van der Waals surface area contributed by atoms with E-state index in [4.69, 9.17) is 4.74 Å². The average Bonchev–Trinajstić information content (AvgIpc) is 2.59. The molecule has 0 aromatic carbocycles. The number of carbonyl (C=O) groups excluding carboxylic acids is 1. The van der Waals surface area contributed by atoms with Crippen molar-refractivity contribution in [3.05, 3.63) is 0 Å². The molecule has 2 atom stereocenters. The summed E-state index contributed by atoms with van der Waals surface area (Å²) in [5.41, 5.74) is 0. The van der Waals surface area contributed by atoms with Gasteiger partial charge in [0.25, 0.3) is 0 Å². The third-order valence-corrected chi connectivity index (χ3v) is 3.68. The number of hydrogen-bond acceptors (Lipinski definition) is 3. The van der Waals surface area contributed by atoms with Crippen molar-refractivity contribution in [2.75, 3.05) is 39.8 Å². The number of carbonyl (C=O) groups is 1. The van der Waals surface area contributed by atoms with E-state index >= 15 is 0 Å². The van der Waals surface area contributed by atoms with E-state index < -0.39 is 0 Å². The first kappa shape index (κ1) is 12.6. The maximum absolute atomic E-state index is 12.1. The van der Waals surface area contributed by atoms with Gasteiger partial charge >= 0.3 is 6.03 Å². The summed E-state index contributed by atoms with van der Waals surface area (Å²) in [6.45, 7) is 8.37. The molecule has 2 aliphatic rings. The van der Waals surface area contributed by atoms with Crippen LogP contribution < -0.4 is 5.32 Å². The quantitative estimate of drug-likeness (QED) is 0.776. The van der Waals surface area contributed by atoms with Crippen LogP contribution in [0.15, 0.2) is 0 Å². The predicted octanol–water partition coefficient (Wildman–Crippen LogP) is 0.367. The third-order valence-electron chi connectivity index (χ3n) is 3.68. The molecule has 5 heteroatoms. The van der Waals surface area contributed by atoms with Crippen molar-refractivity contribution in [3.63, 3.8) is 0 Å². The highest BCUT2D eigenvalue weighted by Crippen LogP contribution is 2.20. The van der Waals surface area contributed by atoms with E-state index in [1.165, 1.54) is 0 Å². The largest absolute Gasteiger partial charge is 0.374 e. The van der Waals surface area contributed by atoms with Gasteiger partial charge in [0.1, 0.15) is 0 Å². The van der Waals surface area contributed by atoms with Gasteiger partial charge in [0.2, 0.25) is 0 Å². The lowest BCUT2D eigenvalue weighted by Gasteiger charge is -2.27. The molecule has 0 aliphatic carbocycles. The second-order valence-corrected chi connectivity index (χ2v) is 5.31. The van der Waals surface area contributed by atoms with Gasteiger partial charge in [-0.1, -0.05) is 13.8 Å². The van der Waals surface area contributed by atoms with Gasteiger partial charge in [-0.05, 0) is 5.92 Å². The highest BCUT2D eigenvalue weighted by Gasteiger charge is 2.37. The molecule has 0 aromatic heterocycles. The van der Waals surface area contributed by atoms with E-state index in [1.54, 1.807) is 0 Å². The van der Waals surface area contributed by atoms with Gasteiger partial charge in [0.15, 0.2) is 0 Å². The van der Waals surface area contributed by atoms with Crippen LogP contribution in [-0.2, 0) is 4.74 Å². The Balaban J connectivity index is 1.91. The summed E-state index contributed by atoms with van der Waals surface area (Å²) in [5.74, 6) is 0.499. The standard InChI is InChI=1S/C12H23N3O2/c1-9(2)11-8-15(12(16)14(11)3)7-10-6-13-4-5-17-10/h9-11,13H,4-8H2,1-3H3. The van der Waals surface area contributed by atoms with Crippen LogP contribution in [-0.4, -0.2) is 67.8 Å². The predicted molar refractivity (Wildman–Crippen MR) is 66.0 cm³/mol. The fraction of sp³-hybridized carbons (Fsp3) is 0.917. The van der Waals surface area contributed by atoms with Gasteiger partial charge in [-0.25, -0.2) is 4.79 Å². The number of urea groups is 1. The van der Waals surface area contributed by atoms with E-state index in [0.29, 0.717) is 18.5 Å². The fourth-order valence-electron chi connectivity index (χ4n) is 2.58. The van der Waals surface area contributed by atoms with Gasteiger partial charge in [0, 0.05) is 33.2 Å². The van der Waals surface area contributed by atoms with Crippen molar-refractivity contribution < 1.29 is 9.53 Å². The minimum atomic E-state index is 0.137. The molecular formula is C12H23N3O2. The van der Waals surface area contributed by atoms with Crippen molar-refractivity contribution >= 4 is 6.03 Å². The Morgan fingerprint density at radius 2 is 2.29 bits per heavy atom. The molecule has 2 fully saturated rings. The molecule has 5 nitrogen and oxygen atoms in total. The summed E-state index contributed by atoms with van der Waals surface area (Å²) in [5, 5.41) is 3.29. The summed E-state index contributed by atoms with van der Waals surface area (Å²) in [6, 6.07) is 0.469. The Bertz CT molecular complexity index is 277. The maximum Gasteiger partial charge on any atom is 0.320 e. The monoisotopic (exact) mass is 241 g/mol. The molecule has 2 unspecified atom stereocenters. The lowest BCUT2D eigenvalue weighted by Crippen LogP contribution is -2.46. The third kappa shape index (κ3) is 2.72. The lowest BCUT2D eigenvalue weighted by atomic mass is 10.0. The van der Waals surface area contributed by atoms with E-state index in [9.17, 15) is 4.79 Å². The Morgan fingerprint density at radius 3 is 2.82 bits per heavy atom.